The topological polar surface area (TPSA) is 12.9 Å². The first-order valence-electron chi connectivity index (χ1n) is 7.36. The first-order valence-corrected chi connectivity index (χ1v) is 8.18. The number of benzene rings is 1. The van der Waals surface area contributed by atoms with Crippen molar-refractivity contribution in [2.24, 2.45) is 5.92 Å². The summed E-state index contributed by atoms with van der Waals surface area (Å²) >= 11 is 1.42. The molecule has 0 spiro atoms. The van der Waals surface area contributed by atoms with E-state index in [1.54, 1.807) is 0 Å². The molecule has 1 aromatic heterocycles. The molecule has 3 heteroatoms. The highest BCUT2D eigenvalue weighted by atomic mass is 32.1. The molecule has 0 bridgehead atoms. The summed E-state index contributed by atoms with van der Waals surface area (Å²) in [6.45, 7) is 4.18. The van der Waals surface area contributed by atoms with E-state index in [1.807, 2.05) is 19.1 Å². The maximum atomic E-state index is 13.7. The molecule has 1 aliphatic carbocycles. The van der Waals surface area contributed by atoms with Crippen molar-refractivity contribution in [3.05, 3.63) is 40.8 Å². The van der Waals surface area contributed by atoms with Crippen molar-refractivity contribution in [3.63, 3.8) is 0 Å². The third-order valence-electron chi connectivity index (χ3n) is 4.35. The van der Waals surface area contributed by atoms with Crippen LogP contribution in [0.1, 0.15) is 49.1 Å². The maximum Gasteiger partial charge on any atom is 0.231 e. The Morgan fingerprint density at radius 1 is 1.10 bits per heavy atom. The molecule has 0 saturated heterocycles. The summed E-state index contributed by atoms with van der Waals surface area (Å²) in [6.07, 6.45) is 5.23. The summed E-state index contributed by atoms with van der Waals surface area (Å²) in [4.78, 5) is 4.52. The second-order valence-electron chi connectivity index (χ2n) is 5.93. The molecule has 20 heavy (non-hydrogen) atoms. The van der Waals surface area contributed by atoms with Gasteiger partial charge < -0.3 is 0 Å². The number of aryl methyl sites for hydroxylation is 1. The van der Waals surface area contributed by atoms with Crippen LogP contribution in [0.4, 0.5) is 4.39 Å². The smallest absolute Gasteiger partial charge is 0.213 e. The Morgan fingerprint density at radius 2 is 1.75 bits per heavy atom. The second kappa shape index (κ2) is 5.65. The molecule has 1 aliphatic rings. The third-order valence-corrected chi connectivity index (χ3v) is 5.35. The predicted octanol–water partition coefficient (Wildman–Crippen LogP) is 5.55. The highest BCUT2D eigenvalue weighted by molar-refractivity contribution is 7.15. The van der Waals surface area contributed by atoms with Gasteiger partial charge in [0, 0.05) is 0 Å². The van der Waals surface area contributed by atoms with Crippen LogP contribution in [0, 0.1) is 18.8 Å². The Kier molecular flexibility index (Phi) is 3.88. The summed E-state index contributed by atoms with van der Waals surface area (Å²) in [5, 5.41) is 0.780. The van der Waals surface area contributed by atoms with Crippen molar-refractivity contribution in [1.82, 2.24) is 4.98 Å². The Hall–Kier alpha value is -1.22. The molecule has 2 aromatic rings. The van der Waals surface area contributed by atoms with E-state index >= 15 is 0 Å². The van der Waals surface area contributed by atoms with Crippen LogP contribution in [0.5, 0.6) is 0 Å². The van der Waals surface area contributed by atoms with Gasteiger partial charge in [0.05, 0.1) is 9.88 Å². The number of halogens is 1. The zero-order valence-electron chi connectivity index (χ0n) is 12.0. The number of nitrogens with zero attached hydrogens (tertiary/aromatic N) is 1. The van der Waals surface area contributed by atoms with Crippen molar-refractivity contribution in [1.29, 1.82) is 0 Å². The molecular weight excluding hydrogens is 269 g/mol. The number of hydrogen-bond donors (Lipinski definition) is 0. The van der Waals surface area contributed by atoms with Crippen LogP contribution in [0.2, 0.25) is 0 Å². The second-order valence-corrected chi connectivity index (χ2v) is 7.13. The van der Waals surface area contributed by atoms with E-state index < -0.39 is 0 Å². The third kappa shape index (κ3) is 2.78. The van der Waals surface area contributed by atoms with Crippen LogP contribution in [0.25, 0.3) is 10.4 Å². The molecule has 1 nitrogen and oxygen atoms in total. The highest BCUT2D eigenvalue weighted by Crippen LogP contribution is 2.37. The van der Waals surface area contributed by atoms with Gasteiger partial charge in [0.25, 0.3) is 0 Å². The molecular formula is C17H20FNS. The van der Waals surface area contributed by atoms with Crippen molar-refractivity contribution in [2.45, 2.75) is 45.4 Å². The van der Waals surface area contributed by atoms with Crippen LogP contribution >= 0.6 is 11.3 Å². The normalized spacial score (nSPS) is 22.9. The number of rotatable bonds is 2. The molecule has 0 unspecified atom stereocenters. The molecule has 0 N–H and O–H groups in total. The van der Waals surface area contributed by atoms with Crippen LogP contribution in [-0.2, 0) is 0 Å². The zero-order chi connectivity index (χ0) is 14.1. The van der Waals surface area contributed by atoms with Gasteiger partial charge in [-0.1, -0.05) is 44.0 Å². The fourth-order valence-corrected chi connectivity index (χ4v) is 3.88. The van der Waals surface area contributed by atoms with Gasteiger partial charge in [-0.25, -0.2) is 4.98 Å². The first-order chi connectivity index (χ1) is 9.63. The minimum absolute atomic E-state index is 0.341. The fourth-order valence-electron chi connectivity index (χ4n) is 3.08. The van der Waals surface area contributed by atoms with E-state index in [9.17, 15) is 4.39 Å². The lowest BCUT2D eigenvalue weighted by atomic mass is 9.79. The van der Waals surface area contributed by atoms with E-state index in [-0.39, 0.29) is 5.95 Å². The molecule has 0 atom stereocenters. The average molecular weight is 289 g/mol. The van der Waals surface area contributed by atoms with E-state index in [0.29, 0.717) is 10.8 Å². The van der Waals surface area contributed by atoms with Crippen molar-refractivity contribution < 1.29 is 4.39 Å². The first kappa shape index (κ1) is 13.7. The molecule has 0 amide bonds. The minimum atomic E-state index is -0.341. The van der Waals surface area contributed by atoms with Gasteiger partial charge in [-0.05, 0) is 42.7 Å². The van der Waals surface area contributed by atoms with E-state index in [4.69, 9.17) is 0 Å². The van der Waals surface area contributed by atoms with Crippen LogP contribution in [0.15, 0.2) is 24.3 Å². The SMILES string of the molecule is Cc1nc(F)c(-c2ccc(C3CCC(C)CC3)cc2)s1. The molecule has 0 radical (unpaired) electrons. The quantitative estimate of drug-likeness (QED) is 0.706. The predicted molar refractivity (Wildman–Crippen MR) is 82.6 cm³/mol. The largest absolute Gasteiger partial charge is 0.231 e. The van der Waals surface area contributed by atoms with Gasteiger partial charge >= 0.3 is 0 Å². The van der Waals surface area contributed by atoms with Crippen LogP contribution in [-0.4, -0.2) is 4.98 Å². The van der Waals surface area contributed by atoms with Gasteiger partial charge in [0.15, 0.2) is 0 Å². The lowest BCUT2D eigenvalue weighted by Crippen LogP contribution is -2.10. The molecule has 1 saturated carbocycles. The van der Waals surface area contributed by atoms with Crippen molar-refractivity contribution >= 4 is 11.3 Å². The van der Waals surface area contributed by atoms with Crippen LogP contribution < -0.4 is 0 Å². The van der Waals surface area contributed by atoms with E-state index in [0.717, 1.165) is 16.5 Å². The molecule has 1 fully saturated rings. The lowest BCUT2D eigenvalue weighted by Gasteiger charge is -2.26. The van der Waals surface area contributed by atoms with Gasteiger partial charge in [-0.2, -0.15) is 4.39 Å². The summed E-state index contributed by atoms with van der Waals surface area (Å²) in [5.41, 5.74) is 2.35. The standard InChI is InChI=1S/C17H20FNS/c1-11-3-5-13(6-4-11)14-7-9-15(10-8-14)16-17(18)19-12(2)20-16/h7-11,13H,3-6H2,1-2H3. The van der Waals surface area contributed by atoms with E-state index in [1.165, 1.54) is 42.6 Å². The molecule has 1 heterocycles. The Labute approximate surface area is 123 Å². The Balaban J connectivity index is 1.79. The fraction of sp³-hybridized carbons (Fsp3) is 0.471. The molecule has 106 valence electrons. The van der Waals surface area contributed by atoms with Gasteiger partial charge in [-0.15, -0.1) is 11.3 Å². The van der Waals surface area contributed by atoms with Crippen LogP contribution in [0.3, 0.4) is 0 Å². The molecule has 3 rings (SSSR count). The summed E-state index contributed by atoms with van der Waals surface area (Å²) < 4.78 is 13.7. The zero-order valence-corrected chi connectivity index (χ0v) is 12.8. The van der Waals surface area contributed by atoms with Crippen molar-refractivity contribution in [2.75, 3.05) is 0 Å². The highest BCUT2D eigenvalue weighted by Gasteiger charge is 2.20. The molecule has 0 aliphatic heterocycles. The monoisotopic (exact) mass is 289 g/mol. The average Bonchev–Trinajstić information content (AvgIpc) is 2.79. The van der Waals surface area contributed by atoms with Gasteiger partial charge in [0.1, 0.15) is 0 Å². The Bertz CT molecular complexity index is 580. The molecule has 1 aromatic carbocycles. The summed E-state index contributed by atoms with van der Waals surface area (Å²) in [6, 6.07) is 8.43. The maximum absolute atomic E-state index is 13.7. The minimum Gasteiger partial charge on any atom is -0.213 e. The number of thiazole rings is 1. The number of aromatic nitrogens is 1. The van der Waals surface area contributed by atoms with E-state index in [2.05, 4.69) is 24.0 Å². The lowest BCUT2D eigenvalue weighted by molar-refractivity contribution is 0.348. The van der Waals surface area contributed by atoms with Crippen molar-refractivity contribution in [3.8, 4) is 10.4 Å². The number of hydrogen-bond acceptors (Lipinski definition) is 2. The summed E-state index contributed by atoms with van der Waals surface area (Å²) in [7, 11) is 0. The van der Waals surface area contributed by atoms with Gasteiger partial charge in [0.2, 0.25) is 5.95 Å². The summed E-state index contributed by atoms with van der Waals surface area (Å²) in [5.74, 6) is 1.22. The van der Waals surface area contributed by atoms with Gasteiger partial charge in [-0.3, -0.25) is 0 Å². The Morgan fingerprint density at radius 3 is 2.30 bits per heavy atom.